The molecule has 1 atom stereocenters. The zero-order chi connectivity index (χ0) is 28.6. The third-order valence-electron chi connectivity index (χ3n) is 7.98. The highest BCUT2D eigenvalue weighted by molar-refractivity contribution is 5.77. The predicted molar refractivity (Wildman–Crippen MR) is 171 cm³/mol. The van der Waals surface area contributed by atoms with Gasteiger partial charge >= 0.3 is 5.97 Å². The van der Waals surface area contributed by atoms with Crippen LogP contribution in [0.3, 0.4) is 0 Å². The molecule has 222 valence electrons. The summed E-state index contributed by atoms with van der Waals surface area (Å²) >= 11 is 0. The van der Waals surface area contributed by atoms with Crippen molar-refractivity contribution in [3.63, 3.8) is 0 Å². The van der Waals surface area contributed by atoms with Gasteiger partial charge in [-0.05, 0) is 74.8 Å². The Labute approximate surface area is 243 Å². The van der Waals surface area contributed by atoms with Crippen LogP contribution in [0.1, 0.15) is 153 Å². The summed E-state index contributed by atoms with van der Waals surface area (Å²) in [6, 6.07) is 8.55. The van der Waals surface area contributed by atoms with Crippen molar-refractivity contribution >= 4 is 5.97 Å². The smallest absolute Gasteiger partial charge is 0.313 e. The molecule has 0 radical (unpaired) electrons. The third kappa shape index (κ3) is 19.0. The van der Waals surface area contributed by atoms with Gasteiger partial charge in [-0.1, -0.05) is 127 Å². The highest BCUT2D eigenvalue weighted by atomic mass is 16.5. The Bertz CT molecular complexity index is 706. The first kappa shape index (κ1) is 35.2. The van der Waals surface area contributed by atoms with E-state index in [1.165, 1.54) is 108 Å². The van der Waals surface area contributed by atoms with Crippen LogP contribution >= 0.6 is 0 Å². The predicted octanol–water partition coefficient (Wildman–Crippen LogP) is 11.5. The number of allylic oxidation sites excluding steroid dienone is 2. The van der Waals surface area contributed by atoms with E-state index in [2.05, 4.69) is 51.3 Å². The largest absolute Gasteiger partial charge is 0.465 e. The van der Waals surface area contributed by atoms with Gasteiger partial charge in [-0.25, -0.2) is 0 Å². The lowest BCUT2D eigenvalue weighted by molar-refractivity contribution is -0.146. The van der Waals surface area contributed by atoms with Gasteiger partial charge in [0.05, 0.1) is 12.5 Å². The van der Waals surface area contributed by atoms with Crippen LogP contribution in [0.15, 0.2) is 49.6 Å². The van der Waals surface area contributed by atoms with Crippen molar-refractivity contribution in [2.75, 3.05) is 6.61 Å². The third-order valence-corrected chi connectivity index (χ3v) is 7.98. The molecule has 1 rings (SSSR count). The van der Waals surface area contributed by atoms with Gasteiger partial charge < -0.3 is 4.74 Å². The van der Waals surface area contributed by atoms with E-state index in [1.807, 2.05) is 19.1 Å². The molecule has 0 fully saturated rings. The molecule has 39 heavy (non-hydrogen) atoms. The zero-order valence-electron chi connectivity index (χ0n) is 26.1. The highest BCUT2D eigenvalue weighted by Gasteiger charge is 2.19. The number of carbonyl (C=O) groups excluding carboxylic acids is 1. The number of unbranched alkanes of at least 4 members (excludes halogenated alkanes) is 14. The molecule has 1 aromatic rings. The van der Waals surface area contributed by atoms with Crippen molar-refractivity contribution in [3.05, 3.63) is 60.7 Å². The number of esters is 1. The Balaban J connectivity index is 2.42. The van der Waals surface area contributed by atoms with E-state index in [4.69, 9.17) is 4.74 Å². The molecule has 0 heterocycles. The maximum atomic E-state index is 12.9. The molecule has 1 unspecified atom stereocenters. The quantitative estimate of drug-likeness (QED) is 0.0666. The van der Waals surface area contributed by atoms with Gasteiger partial charge in [-0.2, -0.15) is 0 Å². The minimum Gasteiger partial charge on any atom is -0.465 e. The minimum atomic E-state index is -0.207. The molecule has 0 spiro atoms. The first-order chi connectivity index (χ1) is 19.0. The fourth-order valence-corrected chi connectivity index (χ4v) is 5.40. The number of ether oxygens (including phenoxy) is 1. The molecule has 1 aromatic carbocycles. The van der Waals surface area contributed by atoms with Crippen molar-refractivity contribution in [2.45, 2.75) is 149 Å². The van der Waals surface area contributed by atoms with Crippen LogP contribution in [0.25, 0.3) is 0 Å². The molecule has 0 aromatic heterocycles. The van der Waals surface area contributed by atoms with Gasteiger partial charge in [0.1, 0.15) is 0 Å². The molecule has 0 saturated heterocycles. The average Bonchev–Trinajstić information content (AvgIpc) is 2.93. The monoisotopic (exact) mass is 538 g/mol. The zero-order valence-corrected chi connectivity index (χ0v) is 26.1. The average molecular weight is 539 g/mol. The van der Waals surface area contributed by atoms with E-state index in [-0.39, 0.29) is 11.9 Å². The Morgan fingerprint density at radius 2 is 1.13 bits per heavy atom. The van der Waals surface area contributed by atoms with Gasteiger partial charge in [0.2, 0.25) is 0 Å². The number of hydrogen-bond acceptors (Lipinski definition) is 2. The van der Waals surface area contributed by atoms with Crippen molar-refractivity contribution < 1.29 is 9.53 Å². The Kier molecular flexibility index (Phi) is 21.7. The van der Waals surface area contributed by atoms with Crippen LogP contribution in [0.2, 0.25) is 0 Å². The van der Waals surface area contributed by atoms with Crippen LogP contribution in [0, 0.1) is 11.8 Å². The summed E-state index contributed by atoms with van der Waals surface area (Å²) in [7, 11) is 0. The molecule has 0 aliphatic heterocycles. The molecule has 0 amide bonds. The summed E-state index contributed by atoms with van der Waals surface area (Å²) in [5, 5.41) is 0. The molecule has 0 saturated carbocycles. The maximum Gasteiger partial charge on any atom is 0.313 e. The van der Waals surface area contributed by atoms with Crippen molar-refractivity contribution in [2.24, 2.45) is 11.8 Å². The van der Waals surface area contributed by atoms with E-state index in [0.29, 0.717) is 18.4 Å². The highest BCUT2D eigenvalue weighted by Crippen LogP contribution is 2.23. The molecule has 0 aliphatic rings. The Hall–Kier alpha value is -1.83. The summed E-state index contributed by atoms with van der Waals surface area (Å²) in [4.78, 5) is 12.9. The molecule has 2 heteroatoms. The van der Waals surface area contributed by atoms with Crippen LogP contribution < -0.4 is 0 Å². The first-order valence-corrected chi connectivity index (χ1v) is 16.4. The van der Waals surface area contributed by atoms with Crippen LogP contribution in [-0.2, 0) is 16.0 Å². The summed E-state index contributed by atoms with van der Waals surface area (Å²) in [6.07, 6.45) is 28.2. The fraction of sp³-hybridized carbons (Fsp3) is 0.703. The van der Waals surface area contributed by atoms with E-state index in [0.717, 1.165) is 24.8 Å². The Morgan fingerprint density at radius 3 is 1.56 bits per heavy atom. The van der Waals surface area contributed by atoms with Crippen LogP contribution in [0.5, 0.6) is 0 Å². The first-order valence-electron chi connectivity index (χ1n) is 16.4. The molecule has 0 aliphatic carbocycles. The van der Waals surface area contributed by atoms with Gasteiger partial charge in [0.25, 0.3) is 0 Å². The number of benzene rings is 1. The second-order valence-electron chi connectivity index (χ2n) is 12.2. The molecule has 0 bridgehead atoms. The molecule has 2 nitrogen and oxygen atoms in total. The number of hydrogen-bond donors (Lipinski definition) is 0. The Morgan fingerprint density at radius 1 is 0.692 bits per heavy atom. The van der Waals surface area contributed by atoms with Crippen molar-refractivity contribution in [3.8, 4) is 0 Å². The summed E-state index contributed by atoms with van der Waals surface area (Å²) in [5.74, 6) is 0.853. The van der Waals surface area contributed by atoms with Gasteiger partial charge in [-0.3, -0.25) is 4.79 Å². The van der Waals surface area contributed by atoms with Crippen LogP contribution in [-0.4, -0.2) is 12.6 Å². The minimum absolute atomic E-state index is 0.0735. The summed E-state index contributed by atoms with van der Waals surface area (Å²) in [5.41, 5.74) is 2.40. The van der Waals surface area contributed by atoms with E-state index < -0.39 is 0 Å². The van der Waals surface area contributed by atoms with Gasteiger partial charge in [0.15, 0.2) is 0 Å². The molecular formula is C37H62O2. The van der Waals surface area contributed by atoms with E-state index in [1.54, 1.807) is 0 Å². The fourth-order valence-electron chi connectivity index (χ4n) is 5.40. The lowest BCUT2D eigenvalue weighted by atomic mass is 9.94. The lowest BCUT2D eigenvalue weighted by Gasteiger charge is -2.19. The molecular weight excluding hydrogens is 476 g/mol. The second-order valence-corrected chi connectivity index (χ2v) is 12.2. The lowest BCUT2D eigenvalue weighted by Crippen LogP contribution is -2.19. The second kappa shape index (κ2) is 24.0. The number of rotatable bonds is 26. The standard InChI is InChI=1S/C37H62O2/c1-6-8-10-12-14-16-18-20-22-24-35(25-23-21-19-17-15-13-11-9-7-2)31-39-37(38)33(5)36-28-26-34(27-29-36)30-32(3)4/h6-7,26-29,32-33,35H,1-2,8-25,30-31H2,3-5H3. The topological polar surface area (TPSA) is 26.3 Å². The SMILES string of the molecule is C=CCCCCCCCCCC(CCCCCCCCCC=C)COC(=O)C(C)c1ccc(CC(C)C)cc1. The van der Waals surface area contributed by atoms with E-state index in [9.17, 15) is 4.79 Å². The molecule has 0 N–H and O–H groups in total. The maximum absolute atomic E-state index is 12.9. The van der Waals surface area contributed by atoms with Gasteiger partial charge in [-0.15, -0.1) is 13.2 Å². The number of carbonyl (C=O) groups is 1. The summed E-state index contributed by atoms with van der Waals surface area (Å²) < 4.78 is 5.93. The van der Waals surface area contributed by atoms with Gasteiger partial charge in [0, 0.05) is 0 Å². The summed E-state index contributed by atoms with van der Waals surface area (Å²) in [6.45, 7) is 14.7. The van der Waals surface area contributed by atoms with Crippen molar-refractivity contribution in [1.82, 2.24) is 0 Å². The van der Waals surface area contributed by atoms with E-state index >= 15 is 0 Å². The van der Waals surface area contributed by atoms with Crippen molar-refractivity contribution in [1.29, 1.82) is 0 Å². The normalized spacial score (nSPS) is 12.1. The van der Waals surface area contributed by atoms with Crippen LogP contribution in [0.4, 0.5) is 0 Å².